The smallest absolute Gasteiger partial charge is 0.121 e. The van der Waals surface area contributed by atoms with Gasteiger partial charge in [-0.05, 0) is 79.3 Å². The van der Waals surface area contributed by atoms with Crippen LogP contribution in [0.2, 0.25) is 0 Å². The standard InChI is InChI=1S/C24H27BrN2OS2/c1-16-11-12-20-21(17(16)2)27(22-19(25)15-29-23(22)30(20)28)14-8-13-26-24(3,4)18-9-6-5-7-10-18/h5-7,9-12,15,26H,8,13-14H2,1-4H3. The van der Waals surface area contributed by atoms with E-state index in [1.807, 2.05) is 6.07 Å². The largest absolute Gasteiger partial charge is 0.338 e. The molecular formula is C24H27BrN2OS2. The number of benzene rings is 2. The van der Waals surface area contributed by atoms with Crippen molar-refractivity contribution in [3.63, 3.8) is 0 Å². The van der Waals surface area contributed by atoms with Gasteiger partial charge >= 0.3 is 0 Å². The van der Waals surface area contributed by atoms with Gasteiger partial charge in [0.15, 0.2) is 0 Å². The maximum Gasteiger partial charge on any atom is 0.121 e. The van der Waals surface area contributed by atoms with E-state index >= 15 is 0 Å². The van der Waals surface area contributed by atoms with Crippen LogP contribution in [0.25, 0.3) is 0 Å². The Balaban J connectivity index is 1.56. The van der Waals surface area contributed by atoms with Crippen LogP contribution in [0.15, 0.2) is 61.4 Å². The highest BCUT2D eigenvalue weighted by molar-refractivity contribution is 9.10. The highest BCUT2D eigenvalue weighted by Crippen LogP contribution is 2.50. The second-order valence-corrected chi connectivity index (χ2v) is 11.6. The summed E-state index contributed by atoms with van der Waals surface area (Å²) in [5.74, 6) is 0. The van der Waals surface area contributed by atoms with Gasteiger partial charge in [-0.3, -0.25) is 0 Å². The van der Waals surface area contributed by atoms with E-state index in [4.69, 9.17) is 0 Å². The quantitative estimate of drug-likeness (QED) is 0.382. The van der Waals surface area contributed by atoms with Crippen molar-refractivity contribution >= 4 is 49.4 Å². The Bertz CT molecular complexity index is 1090. The van der Waals surface area contributed by atoms with Gasteiger partial charge in [0.1, 0.15) is 4.21 Å². The van der Waals surface area contributed by atoms with E-state index in [1.165, 1.54) is 16.7 Å². The van der Waals surface area contributed by atoms with Gasteiger partial charge in [0.05, 0.1) is 31.5 Å². The minimum atomic E-state index is -1.12. The second-order valence-electron chi connectivity index (χ2n) is 8.27. The Hall–Kier alpha value is -1.47. The molecule has 30 heavy (non-hydrogen) atoms. The fourth-order valence-corrected chi connectivity index (χ4v) is 7.57. The van der Waals surface area contributed by atoms with Gasteiger partial charge in [0.25, 0.3) is 0 Å². The molecule has 0 spiro atoms. The van der Waals surface area contributed by atoms with Crippen LogP contribution < -0.4 is 10.2 Å². The van der Waals surface area contributed by atoms with Crippen molar-refractivity contribution in [1.82, 2.24) is 5.32 Å². The zero-order chi connectivity index (χ0) is 21.5. The van der Waals surface area contributed by atoms with Crippen LogP contribution in [-0.4, -0.2) is 17.3 Å². The number of thiophene rings is 1. The molecule has 1 aliphatic rings. The minimum absolute atomic E-state index is 0.0802. The third kappa shape index (κ3) is 3.91. The number of rotatable bonds is 6. The van der Waals surface area contributed by atoms with E-state index in [-0.39, 0.29) is 5.54 Å². The lowest BCUT2D eigenvalue weighted by Gasteiger charge is -2.34. The van der Waals surface area contributed by atoms with Crippen molar-refractivity contribution in [3.8, 4) is 0 Å². The molecular weight excluding hydrogens is 476 g/mol. The maximum absolute atomic E-state index is 13.2. The average molecular weight is 504 g/mol. The first-order valence-corrected chi connectivity index (χ1v) is 13.0. The summed E-state index contributed by atoms with van der Waals surface area (Å²) in [6.07, 6.45) is 0.984. The molecule has 0 fully saturated rings. The predicted octanol–water partition coefficient (Wildman–Crippen LogP) is 6.66. The Morgan fingerprint density at radius 3 is 2.57 bits per heavy atom. The summed E-state index contributed by atoms with van der Waals surface area (Å²) >= 11 is 5.28. The number of aryl methyl sites for hydroxylation is 1. The molecule has 6 heteroatoms. The van der Waals surface area contributed by atoms with Gasteiger partial charge in [-0.15, -0.1) is 11.3 Å². The molecule has 1 aromatic heterocycles. The molecule has 1 aliphatic heterocycles. The Labute approximate surface area is 194 Å². The van der Waals surface area contributed by atoms with Crippen LogP contribution in [0, 0.1) is 13.8 Å². The molecule has 3 aromatic rings. The van der Waals surface area contributed by atoms with Crippen molar-refractivity contribution in [2.45, 2.75) is 48.8 Å². The zero-order valence-electron chi connectivity index (χ0n) is 17.8. The molecule has 0 bridgehead atoms. The lowest BCUT2D eigenvalue weighted by Crippen LogP contribution is -2.38. The van der Waals surface area contributed by atoms with E-state index in [0.717, 1.165) is 44.5 Å². The predicted molar refractivity (Wildman–Crippen MR) is 132 cm³/mol. The normalized spacial score (nSPS) is 15.8. The molecule has 0 radical (unpaired) electrons. The van der Waals surface area contributed by atoms with Gasteiger partial charge in [-0.1, -0.05) is 36.4 Å². The molecule has 158 valence electrons. The van der Waals surface area contributed by atoms with Crippen molar-refractivity contribution in [2.24, 2.45) is 0 Å². The Morgan fingerprint density at radius 2 is 1.83 bits per heavy atom. The SMILES string of the molecule is Cc1ccc2c(c1C)N(CCCNC(C)(C)c1ccccc1)c1c(Br)csc1S2=O. The summed E-state index contributed by atoms with van der Waals surface area (Å²) in [4.78, 5) is 3.30. The Morgan fingerprint density at radius 1 is 1.10 bits per heavy atom. The van der Waals surface area contributed by atoms with Crippen molar-refractivity contribution in [2.75, 3.05) is 18.0 Å². The molecule has 0 aliphatic carbocycles. The van der Waals surface area contributed by atoms with Crippen molar-refractivity contribution < 1.29 is 4.21 Å². The molecule has 0 saturated carbocycles. The fraction of sp³-hybridized carbons (Fsp3) is 0.333. The van der Waals surface area contributed by atoms with Crippen molar-refractivity contribution in [1.29, 1.82) is 0 Å². The summed E-state index contributed by atoms with van der Waals surface area (Å²) in [7, 11) is -1.12. The van der Waals surface area contributed by atoms with Crippen LogP contribution in [-0.2, 0) is 16.3 Å². The summed E-state index contributed by atoms with van der Waals surface area (Å²) in [6.45, 7) is 10.5. The molecule has 3 nitrogen and oxygen atoms in total. The van der Waals surface area contributed by atoms with Crippen LogP contribution in [0.5, 0.6) is 0 Å². The summed E-state index contributed by atoms with van der Waals surface area (Å²) in [5, 5.41) is 5.77. The number of hydrogen-bond acceptors (Lipinski definition) is 4. The zero-order valence-corrected chi connectivity index (χ0v) is 21.0. The molecule has 4 rings (SSSR count). The third-order valence-corrected chi connectivity index (χ3v) is 9.55. The number of anilines is 2. The van der Waals surface area contributed by atoms with Gasteiger partial charge in [0.2, 0.25) is 0 Å². The summed E-state index contributed by atoms with van der Waals surface area (Å²) in [6, 6.07) is 14.7. The second kappa shape index (κ2) is 8.58. The van der Waals surface area contributed by atoms with E-state index < -0.39 is 10.8 Å². The number of hydrogen-bond donors (Lipinski definition) is 1. The minimum Gasteiger partial charge on any atom is -0.338 e. The van der Waals surface area contributed by atoms with Gasteiger partial charge in [-0.25, -0.2) is 4.21 Å². The highest BCUT2D eigenvalue weighted by atomic mass is 79.9. The van der Waals surface area contributed by atoms with E-state index in [9.17, 15) is 4.21 Å². The summed E-state index contributed by atoms with van der Waals surface area (Å²) in [5.41, 5.74) is 5.83. The first-order valence-electron chi connectivity index (χ1n) is 10.2. The fourth-order valence-electron chi connectivity index (χ4n) is 3.98. The number of nitrogens with zero attached hydrogens (tertiary/aromatic N) is 1. The molecule has 1 unspecified atom stereocenters. The number of fused-ring (bicyclic) bond motifs is 2. The third-order valence-electron chi connectivity index (χ3n) is 5.88. The molecule has 2 aromatic carbocycles. The van der Waals surface area contributed by atoms with Crippen molar-refractivity contribution in [3.05, 3.63) is 69.0 Å². The molecule has 1 atom stereocenters. The van der Waals surface area contributed by atoms with Gasteiger partial charge in [0, 0.05) is 17.5 Å². The summed E-state index contributed by atoms with van der Waals surface area (Å²) < 4.78 is 15.2. The van der Waals surface area contributed by atoms with Gasteiger partial charge < -0.3 is 10.2 Å². The van der Waals surface area contributed by atoms with E-state index in [0.29, 0.717) is 0 Å². The van der Waals surface area contributed by atoms with Crippen LogP contribution in [0.4, 0.5) is 11.4 Å². The molecule has 1 N–H and O–H groups in total. The highest BCUT2D eigenvalue weighted by Gasteiger charge is 2.33. The molecule has 0 saturated heterocycles. The molecule has 0 amide bonds. The van der Waals surface area contributed by atoms with E-state index in [1.54, 1.807) is 11.3 Å². The maximum atomic E-state index is 13.2. The van der Waals surface area contributed by atoms with Crippen LogP contribution in [0.1, 0.15) is 37.0 Å². The van der Waals surface area contributed by atoms with E-state index in [2.05, 4.69) is 95.6 Å². The lowest BCUT2D eigenvalue weighted by molar-refractivity contribution is 0.401. The average Bonchev–Trinajstić information content (AvgIpc) is 3.12. The first kappa shape index (κ1) is 21.8. The Kier molecular flexibility index (Phi) is 6.22. The lowest BCUT2D eigenvalue weighted by atomic mass is 9.94. The monoisotopic (exact) mass is 502 g/mol. The number of halogens is 1. The topological polar surface area (TPSA) is 32.3 Å². The van der Waals surface area contributed by atoms with Crippen LogP contribution >= 0.6 is 27.3 Å². The number of nitrogens with one attached hydrogen (secondary N) is 1. The van der Waals surface area contributed by atoms with Gasteiger partial charge in [-0.2, -0.15) is 0 Å². The molecule has 2 heterocycles. The van der Waals surface area contributed by atoms with Crippen LogP contribution in [0.3, 0.4) is 0 Å². The first-order chi connectivity index (χ1) is 14.3.